The maximum absolute atomic E-state index is 11.3. The van der Waals surface area contributed by atoms with E-state index in [9.17, 15) is 9.59 Å². The summed E-state index contributed by atoms with van der Waals surface area (Å²) >= 11 is 0. The number of anilines is 2. The fourth-order valence-corrected chi connectivity index (χ4v) is 2.23. The fourth-order valence-electron chi connectivity index (χ4n) is 2.23. The van der Waals surface area contributed by atoms with Crippen LogP contribution in [0.25, 0.3) is 0 Å². The second-order valence-electron chi connectivity index (χ2n) is 6.91. The maximum Gasteiger partial charge on any atom is 0.338 e. The minimum atomic E-state index is -0.408. The molecule has 2 rings (SSSR count). The molecule has 33 heavy (non-hydrogen) atoms. The zero-order chi connectivity index (χ0) is 25.2. The molecule has 0 radical (unpaired) electrons. The van der Waals surface area contributed by atoms with Crippen LogP contribution >= 0.6 is 0 Å². The molecule has 0 aromatic heterocycles. The standard InChI is InChI=1S/C11H15NO3.C11H15NO2.C2H6O2/c1-12(2)10-5-3-9(4-6-10)11(14)15-8-7-13;1-4-14-11(13)9-5-7-10(8-6-9)12(2)3;3-1-2-4/h3-6,13H,7-8H2,1-2H3;5-8H,4H2,1-3H3;3-4H,1-2H2. The summed E-state index contributed by atoms with van der Waals surface area (Å²) < 4.78 is 9.65. The molecule has 2 aromatic rings. The van der Waals surface area contributed by atoms with E-state index in [1.165, 1.54) is 0 Å². The Morgan fingerprint density at radius 1 is 0.667 bits per heavy atom. The molecule has 9 heteroatoms. The molecule has 0 saturated carbocycles. The topological polar surface area (TPSA) is 120 Å². The Hall–Kier alpha value is -3.14. The normalized spacial score (nSPS) is 9.45. The van der Waals surface area contributed by atoms with Crippen molar-refractivity contribution in [2.75, 3.05) is 71.0 Å². The Labute approximate surface area is 195 Å². The van der Waals surface area contributed by atoms with Gasteiger partial charge in [0.05, 0.1) is 37.6 Å². The molecule has 9 nitrogen and oxygen atoms in total. The van der Waals surface area contributed by atoms with Crippen molar-refractivity contribution in [3.05, 3.63) is 59.7 Å². The lowest BCUT2D eigenvalue weighted by atomic mass is 10.2. The number of nitrogens with zero attached hydrogens (tertiary/aromatic N) is 2. The van der Waals surface area contributed by atoms with Crippen molar-refractivity contribution in [3.63, 3.8) is 0 Å². The Morgan fingerprint density at radius 3 is 1.30 bits per heavy atom. The van der Waals surface area contributed by atoms with Crippen LogP contribution in [0.4, 0.5) is 11.4 Å². The van der Waals surface area contributed by atoms with Crippen molar-refractivity contribution in [1.29, 1.82) is 0 Å². The maximum atomic E-state index is 11.3. The van der Waals surface area contributed by atoms with Crippen LogP contribution in [0.5, 0.6) is 0 Å². The lowest BCUT2D eigenvalue weighted by molar-refractivity contribution is 0.0433. The second-order valence-corrected chi connectivity index (χ2v) is 6.91. The summed E-state index contributed by atoms with van der Waals surface area (Å²) in [5, 5.41) is 23.7. The number of carbonyl (C=O) groups excluding carboxylic acids is 2. The Kier molecular flexibility index (Phi) is 15.8. The SMILES string of the molecule is CCOC(=O)c1ccc(N(C)C)cc1.CN(C)c1ccc(C(=O)OCCO)cc1.OCCO. The predicted octanol–water partition coefficient (Wildman–Crippen LogP) is 1.80. The number of esters is 2. The van der Waals surface area contributed by atoms with Gasteiger partial charge in [0.1, 0.15) is 6.61 Å². The zero-order valence-corrected chi connectivity index (χ0v) is 20.0. The third-order valence-electron chi connectivity index (χ3n) is 3.94. The molecular weight excluding hydrogens is 428 g/mol. The summed E-state index contributed by atoms with van der Waals surface area (Å²) in [5.74, 6) is -0.674. The van der Waals surface area contributed by atoms with Crippen LogP contribution < -0.4 is 9.80 Å². The smallest absolute Gasteiger partial charge is 0.338 e. The minimum Gasteiger partial charge on any atom is -0.462 e. The van der Waals surface area contributed by atoms with Crippen molar-refractivity contribution in [3.8, 4) is 0 Å². The molecule has 0 spiro atoms. The van der Waals surface area contributed by atoms with E-state index < -0.39 is 5.97 Å². The van der Waals surface area contributed by atoms with E-state index in [-0.39, 0.29) is 32.4 Å². The van der Waals surface area contributed by atoms with Gasteiger partial charge in [-0.25, -0.2) is 9.59 Å². The molecule has 184 valence electrons. The molecule has 0 aliphatic carbocycles. The molecule has 0 amide bonds. The average molecular weight is 465 g/mol. The minimum absolute atomic E-state index is 0.0360. The Morgan fingerprint density at radius 2 is 1.03 bits per heavy atom. The molecular formula is C24H36N2O7. The van der Waals surface area contributed by atoms with Gasteiger partial charge in [-0.2, -0.15) is 0 Å². The van der Waals surface area contributed by atoms with Gasteiger partial charge in [-0.1, -0.05) is 0 Å². The highest BCUT2D eigenvalue weighted by atomic mass is 16.5. The van der Waals surface area contributed by atoms with E-state index in [0.717, 1.165) is 11.4 Å². The van der Waals surface area contributed by atoms with Gasteiger partial charge in [0.15, 0.2) is 0 Å². The van der Waals surface area contributed by atoms with Gasteiger partial charge in [-0.3, -0.25) is 0 Å². The van der Waals surface area contributed by atoms with Crippen LogP contribution in [0.2, 0.25) is 0 Å². The lowest BCUT2D eigenvalue weighted by Gasteiger charge is -2.12. The van der Waals surface area contributed by atoms with E-state index in [4.69, 9.17) is 24.8 Å². The van der Waals surface area contributed by atoms with E-state index in [2.05, 4.69) is 0 Å². The highest BCUT2D eigenvalue weighted by molar-refractivity contribution is 5.90. The van der Waals surface area contributed by atoms with Crippen LogP contribution in [0, 0.1) is 0 Å². The largest absolute Gasteiger partial charge is 0.462 e. The number of carbonyl (C=O) groups is 2. The van der Waals surface area contributed by atoms with Gasteiger partial charge < -0.3 is 34.6 Å². The van der Waals surface area contributed by atoms with Crippen molar-refractivity contribution < 1.29 is 34.4 Å². The number of hydrogen-bond acceptors (Lipinski definition) is 9. The molecule has 3 N–H and O–H groups in total. The monoisotopic (exact) mass is 464 g/mol. The molecule has 0 heterocycles. The van der Waals surface area contributed by atoms with Gasteiger partial charge in [0, 0.05) is 39.6 Å². The number of aliphatic hydroxyl groups is 3. The van der Waals surface area contributed by atoms with E-state index in [1.807, 2.05) is 62.3 Å². The number of benzene rings is 2. The molecule has 0 fully saturated rings. The zero-order valence-electron chi connectivity index (χ0n) is 20.0. The highest BCUT2D eigenvalue weighted by Crippen LogP contribution is 2.13. The van der Waals surface area contributed by atoms with Crippen molar-refractivity contribution in [1.82, 2.24) is 0 Å². The molecule has 0 saturated heterocycles. The molecule has 0 aliphatic rings. The van der Waals surface area contributed by atoms with Crippen molar-refractivity contribution in [2.24, 2.45) is 0 Å². The number of aliphatic hydroxyl groups excluding tert-OH is 3. The Bertz CT molecular complexity index is 789. The van der Waals surface area contributed by atoms with Gasteiger partial charge in [-0.15, -0.1) is 0 Å². The molecule has 2 aromatic carbocycles. The molecule has 0 bridgehead atoms. The highest BCUT2D eigenvalue weighted by Gasteiger charge is 2.07. The average Bonchev–Trinajstić information content (AvgIpc) is 2.83. The first kappa shape index (κ1) is 29.9. The van der Waals surface area contributed by atoms with Crippen LogP contribution in [0.3, 0.4) is 0 Å². The number of rotatable bonds is 8. The van der Waals surface area contributed by atoms with Gasteiger partial charge in [0.2, 0.25) is 0 Å². The van der Waals surface area contributed by atoms with E-state index >= 15 is 0 Å². The summed E-state index contributed by atoms with van der Waals surface area (Å²) in [6.45, 7) is 1.84. The van der Waals surface area contributed by atoms with E-state index in [0.29, 0.717) is 17.7 Å². The van der Waals surface area contributed by atoms with E-state index in [1.54, 1.807) is 31.2 Å². The van der Waals surface area contributed by atoms with Gasteiger partial charge >= 0.3 is 11.9 Å². The van der Waals surface area contributed by atoms with Crippen LogP contribution in [-0.2, 0) is 9.47 Å². The fraction of sp³-hybridized carbons (Fsp3) is 0.417. The van der Waals surface area contributed by atoms with Gasteiger partial charge in [0.25, 0.3) is 0 Å². The number of hydrogen-bond donors (Lipinski definition) is 3. The Balaban J connectivity index is 0.000000536. The lowest BCUT2D eigenvalue weighted by Crippen LogP contribution is -2.11. The number of ether oxygens (including phenoxy) is 2. The summed E-state index contributed by atoms with van der Waals surface area (Å²) in [4.78, 5) is 26.6. The predicted molar refractivity (Wildman–Crippen MR) is 129 cm³/mol. The molecule has 0 aliphatic heterocycles. The molecule has 0 unspecified atom stereocenters. The molecule has 0 atom stereocenters. The van der Waals surface area contributed by atoms with Crippen LogP contribution in [0.15, 0.2) is 48.5 Å². The summed E-state index contributed by atoms with van der Waals surface area (Å²) in [6, 6.07) is 14.4. The summed E-state index contributed by atoms with van der Waals surface area (Å²) in [6.07, 6.45) is 0. The van der Waals surface area contributed by atoms with Crippen LogP contribution in [-0.4, -0.2) is 88.5 Å². The summed E-state index contributed by atoms with van der Waals surface area (Å²) in [5.41, 5.74) is 3.18. The third-order valence-corrected chi connectivity index (χ3v) is 3.94. The first-order valence-electron chi connectivity index (χ1n) is 10.4. The van der Waals surface area contributed by atoms with Crippen molar-refractivity contribution >= 4 is 23.3 Å². The van der Waals surface area contributed by atoms with Gasteiger partial charge in [-0.05, 0) is 55.5 Å². The third kappa shape index (κ3) is 12.5. The second kappa shape index (κ2) is 17.4. The van der Waals surface area contributed by atoms with Crippen LogP contribution in [0.1, 0.15) is 27.6 Å². The van der Waals surface area contributed by atoms with Crippen molar-refractivity contribution in [2.45, 2.75) is 6.92 Å². The first-order chi connectivity index (χ1) is 15.7. The summed E-state index contributed by atoms with van der Waals surface area (Å²) in [7, 11) is 7.77. The first-order valence-corrected chi connectivity index (χ1v) is 10.4. The quantitative estimate of drug-likeness (QED) is 0.502.